The Kier molecular flexibility index (Phi) is 6.96. The van der Waals surface area contributed by atoms with Crippen molar-refractivity contribution in [1.82, 2.24) is 20.4 Å². The highest BCUT2D eigenvalue weighted by Gasteiger charge is 2.24. The molecule has 1 aromatic carbocycles. The van der Waals surface area contributed by atoms with Crippen molar-refractivity contribution in [2.75, 3.05) is 20.1 Å². The van der Waals surface area contributed by atoms with Gasteiger partial charge in [0.05, 0.1) is 11.7 Å². The Morgan fingerprint density at radius 2 is 2.24 bits per heavy atom. The molecule has 2 heterocycles. The first-order valence-electron chi connectivity index (χ1n) is 8.42. The number of nitrogens with one attached hydrogen (secondary N) is 2. The van der Waals surface area contributed by atoms with Crippen molar-refractivity contribution in [2.45, 2.75) is 31.7 Å². The predicted molar refractivity (Wildman–Crippen MR) is 98.2 cm³/mol. The molecule has 2 N–H and O–H groups in total. The number of likely N-dealkylation sites (N-methyl/N-ethyl adjacent to an activating group) is 1. The zero-order valence-corrected chi connectivity index (χ0v) is 15.1. The molecule has 1 aliphatic heterocycles. The van der Waals surface area contributed by atoms with E-state index in [1.54, 1.807) is 11.0 Å². The van der Waals surface area contributed by atoms with Crippen molar-refractivity contribution in [3.8, 4) is 11.3 Å². The molecule has 1 saturated heterocycles. The Morgan fingerprint density at radius 3 is 2.96 bits per heavy atom. The molecule has 1 unspecified atom stereocenters. The number of halogens is 2. The third-order valence-corrected chi connectivity index (χ3v) is 4.43. The van der Waals surface area contributed by atoms with Crippen LogP contribution in [0.3, 0.4) is 0 Å². The van der Waals surface area contributed by atoms with Crippen molar-refractivity contribution in [1.29, 1.82) is 0 Å². The van der Waals surface area contributed by atoms with Crippen molar-refractivity contribution in [3.05, 3.63) is 41.8 Å². The highest BCUT2D eigenvalue weighted by Crippen LogP contribution is 2.19. The number of hydrogen-bond donors (Lipinski definition) is 2. The molecule has 1 aromatic heterocycles. The summed E-state index contributed by atoms with van der Waals surface area (Å²) >= 11 is 0. The Bertz CT molecular complexity index is 700. The molecule has 0 bridgehead atoms. The largest absolute Gasteiger partial charge is 0.344 e. The van der Waals surface area contributed by atoms with Crippen LogP contribution in [-0.2, 0) is 11.2 Å². The fraction of sp³-hybridized carbons (Fsp3) is 0.444. The fourth-order valence-corrected chi connectivity index (χ4v) is 3.06. The maximum Gasteiger partial charge on any atom is 0.239 e. The molecule has 1 fully saturated rings. The van der Waals surface area contributed by atoms with Gasteiger partial charge in [-0.15, -0.1) is 12.4 Å². The summed E-state index contributed by atoms with van der Waals surface area (Å²) in [5.41, 5.74) is 2.50. The van der Waals surface area contributed by atoms with E-state index < -0.39 is 0 Å². The lowest BCUT2D eigenvalue weighted by atomic mass is 10.1. The van der Waals surface area contributed by atoms with Crippen LogP contribution in [0, 0.1) is 5.82 Å². The highest BCUT2D eigenvalue weighted by molar-refractivity contribution is 5.85. The number of aryl methyl sites for hydroxylation is 1. The predicted octanol–water partition coefficient (Wildman–Crippen LogP) is 2.78. The number of amides is 1. The van der Waals surface area contributed by atoms with Crippen molar-refractivity contribution in [2.24, 2.45) is 0 Å². The lowest BCUT2D eigenvalue weighted by Crippen LogP contribution is -2.42. The maximum atomic E-state index is 13.3. The summed E-state index contributed by atoms with van der Waals surface area (Å²) in [7, 11) is 1.85. The van der Waals surface area contributed by atoms with Gasteiger partial charge in [-0.05, 0) is 50.4 Å². The molecule has 1 aliphatic rings. The third-order valence-electron chi connectivity index (χ3n) is 4.43. The van der Waals surface area contributed by atoms with Gasteiger partial charge in [-0.3, -0.25) is 9.89 Å². The summed E-state index contributed by atoms with van der Waals surface area (Å²) < 4.78 is 13.3. The van der Waals surface area contributed by atoms with Crippen LogP contribution in [-0.4, -0.2) is 47.2 Å². The molecule has 3 rings (SSSR count). The van der Waals surface area contributed by atoms with Crippen molar-refractivity contribution < 1.29 is 9.18 Å². The van der Waals surface area contributed by atoms with Gasteiger partial charge >= 0.3 is 0 Å². The smallest absolute Gasteiger partial charge is 0.239 e. The second kappa shape index (κ2) is 8.97. The number of carbonyl (C=O) groups is 1. The second-order valence-corrected chi connectivity index (χ2v) is 6.30. The molecule has 2 aromatic rings. The van der Waals surface area contributed by atoms with Crippen LogP contribution >= 0.6 is 12.4 Å². The van der Waals surface area contributed by atoms with Crippen LogP contribution in [0.5, 0.6) is 0 Å². The molecule has 136 valence electrons. The molecular weight excluding hydrogens is 343 g/mol. The third kappa shape index (κ3) is 5.03. The van der Waals surface area contributed by atoms with Crippen LogP contribution in [0.1, 0.15) is 25.0 Å². The standard InChI is InChI=1S/C18H23FN4O.ClH/c1-23(18(24)16-8-3-9-20-16)10-4-7-15-12-17(22-21-15)13-5-2-6-14(19)11-13;/h2,5-6,11-12,16,20H,3-4,7-10H2,1H3,(H,21,22);1H. The number of hydrogen-bond acceptors (Lipinski definition) is 3. The molecule has 1 atom stereocenters. The van der Waals surface area contributed by atoms with E-state index >= 15 is 0 Å². The number of benzene rings is 1. The molecule has 5 nitrogen and oxygen atoms in total. The van der Waals surface area contributed by atoms with Gasteiger partial charge < -0.3 is 10.2 Å². The number of rotatable bonds is 6. The van der Waals surface area contributed by atoms with E-state index in [0.717, 1.165) is 49.2 Å². The molecule has 0 saturated carbocycles. The molecule has 0 radical (unpaired) electrons. The highest BCUT2D eigenvalue weighted by atomic mass is 35.5. The van der Waals surface area contributed by atoms with Crippen LogP contribution in [0.2, 0.25) is 0 Å². The SMILES string of the molecule is CN(CCCc1cc(-c2cccc(F)c2)n[nH]1)C(=O)C1CCCN1.Cl. The van der Waals surface area contributed by atoms with Gasteiger partial charge in [0, 0.05) is 24.8 Å². The summed E-state index contributed by atoms with van der Waals surface area (Å²) in [6, 6.07) is 8.33. The number of aromatic amines is 1. The van der Waals surface area contributed by atoms with Crippen LogP contribution in [0.25, 0.3) is 11.3 Å². The Hall–Kier alpha value is -1.92. The van der Waals surface area contributed by atoms with E-state index in [2.05, 4.69) is 15.5 Å². The van der Waals surface area contributed by atoms with Gasteiger partial charge in [-0.2, -0.15) is 5.10 Å². The fourth-order valence-electron chi connectivity index (χ4n) is 3.06. The average molecular weight is 367 g/mol. The Labute approximate surface area is 153 Å². The van der Waals surface area contributed by atoms with E-state index in [1.807, 2.05) is 19.2 Å². The van der Waals surface area contributed by atoms with Crippen molar-refractivity contribution >= 4 is 18.3 Å². The summed E-state index contributed by atoms with van der Waals surface area (Å²) in [6.07, 6.45) is 3.67. The summed E-state index contributed by atoms with van der Waals surface area (Å²) in [5.74, 6) is -0.0877. The van der Waals surface area contributed by atoms with Gasteiger partial charge in [0.2, 0.25) is 5.91 Å². The quantitative estimate of drug-likeness (QED) is 0.826. The molecule has 1 amide bonds. The topological polar surface area (TPSA) is 61.0 Å². The number of carbonyl (C=O) groups excluding carboxylic acids is 1. The van der Waals surface area contributed by atoms with Gasteiger partial charge in [-0.25, -0.2) is 4.39 Å². The first-order valence-corrected chi connectivity index (χ1v) is 8.42. The zero-order valence-electron chi connectivity index (χ0n) is 14.3. The minimum absolute atomic E-state index is 0. The van der Waals surface area contributed by atoms with Crippen LogP contribution in [0.4, 0.5) is 4.39 Å². The molecule has 0 aliphatic carbocycles. The van der Waals surface area contributed by atoms with E-state index in [1.165, 1.54) is 12.1 Å². The van der Waals surface area contributed by atoms with E-state index in [-0.39, 0.29) is 30.2 Å². The number of aromatic nitrogens is 2. The van der Waals surface area contributed by atoms with Gasteiger partial charge in [-0.1, -0.05) is 12.1 Å². The normalized spacial score (nSPS) is 16.5. The second-order valence-electron chi connectivity index (χ2n) is 6.30. The summed E-state index contributed by atoms with van der Waals surface area (Å²) in [6.45, 7) is 1.65. The van der Waals surface area contributed by atoms with Gasteiger partial charge in [0.25, 0.3) is 0 Å². The summed E-state index contributed by atoms with van der Waals surface area (Å²) in [4.78, 5) is 14.0. The first kappa shape index (κ1) is 19.4. The number of nitrogens with zero attached hydrogens (tertiary/aromatic N) is 2. The van der Waals surface area contributed by atoms with Gasteiger partial charge in [0.1, 0.15) is 5.82 Å². The average Bonchev–Trinajstić information content (AvgIpc) is 3.26. The lowest BCUT2D eigenvalue weighted by molar-refractivity contribution is -0.131. The Morgan fingerprint density at radius 1 is 1.40 bits per heavy atom. The number of H-pyrrole nitrogens is 1. The maximum absolute atomic E-state index is 13.3. The van der Waals surface area contributed by atoms with Gasteiger partial charge in [0.15, 0.2) is 0 Å². The van der Waals surface area contributed by atoms with Crippen LogP contribution < -0.4 is 5.32 Å². The summed E-state index contributed by atoms with van der Waals surface area (Å²) in [5, 5.41) is 10.5. The minimum Gasteiger partial charge on any atom is -0.344 e. The molecule has 25 heavy (non-hydrogen) atoms. The van der Waals surface area contributed by atoms with Crippen LogP contribution in [0.15, 0.2) is 30.3 Å². The van der Waals surface area contributed by atoms with E-state index in [9.17, 15) is 9.18 Å². The zero-order chi connectivity index (χ0) is 16.9. The molecule has 7 heteroatoms. The first-order chi connectivity index (χ1) is 11.6. The minimum atomic E-state index is -0.266. The Balaban J connectivity index is 0.00000225. The van der Waals surface area contributed by atoms with E-state index in [4.69, 9.17) is 0 Å². The molecular formula is C18H24ClFN4O. The molecule has 0 spiro atoms. The van der Waals surface area contributed by atoms with E-state index in [0.29, 0.717) is 6.54 Å². The lowest BCUT2D eigenvalue weighted by Gasteiger charge is -2.20. The van der Waals surface area contributed by atoms with Crippen molar-refractivity contribution in [3.63, 3.8) is 0 Å². The monoisotopic (exact) mass is 366 g/mol.